The van der Waals surface area contributed by atoms with Crippen LogP contribution in [-0.2, 0) is 4.74 Å². The molecule has 4 atom stereocenters. The van der Waals surface area contributed by atoms with Crippen molar-refractivity contribution in [3.8, 4) is 0 Å². The molecule has 0 spiro atoms. The van der Waals surface area contributed by atoms with Gasteiger partial charge < -0.3 is 25.4 Å². The SMILES string of the molecule is CC(C)(C)OC(=O)N[C@@H]1C[C@H](CO)[C@H](O)C1O. The fraction of sp³-hybridized carbons (Fsp3) is 0.909. The summed E-state index contributed by atoms with van der Waals surface area (Å²) in [4.78, 5) is 11.5. The first-order valence-corrected chi connectivity index (χ1v) is 5.71. The minimum atomic E-state index is -1.07. The van der Waals surface area contributed by atoms with Crippen LogP contribution in [0.1, 0.15) is 27.2 Å². The number of carbonyl (C=O) groups excluding carboxylic acids is 1. The second-order valence-electron chi connectivity index (χ2n) is 5.41. The predicted molar refractivity (Wildman–Crippen MR) is 60.4 cm³/mol. The highest BCUT2D eigenvalue weighted by molar-refractivity contribution is 5.68. The van der Waals surface area contributed by atoms with Crippen LogP contribution >= 0.6 is 0 Å². The van der Waals surface area contributed by atoms with E-state index in [0.29, 0.717) is 6.42 Å². The van der Waals surface area contributed by atoms with Gasteiger partial charge in [-0.1, -0.05) is 0 Å². The fourth-order valence-corrected chi connectivity index (χ4v) is 1.91. The third-order valence-electron chi connectivity index (χ3n) is 2.74. The first-order chi connectivity index (χ1) is 7.74. The van der Waals surface area contributed by atoms with Crippen molar-refractivity contribution in [3.63, 3.8) is 0 Å². The van der Waals surface area contributed by atoms with Gasteiger partial charge in [0.1, 0.15) is 11.7 Å². The van der Waals surface area contributed by atoms with Gasteiger partial charge in [-0.3, -0.25) is 0 Å². The van der Waals surface area contributed by atoms with Crippen LogP contribution in [0.3, 0.4) is 0 Å². The number of aliphatic hydroxyl groups excluding tert-OH is 3. The fourth-order valence-electron chi connectivity index (χ4n) is 1.91. The minimum absolute atomic E-state index is 0.218. The standard InChI is InChI=1S/C11H21NO5/c1-11(2,3)17-10(16)12-7-4-6(5-13)8(14)9(7)15/h6-9,13-15H,4-5H2,1-3H3,(H,12,16)/t6-,7-,8+,9?/m1/s1. The van der Waals surface area contributed by atoms with Gasteiger partial charge in [0.05, 0.1) is 12.1 Å². The van der Waals surface area contributed by atoms with Gasteiger partial charge in [-0.15, -0.1) is 0 Å². The molecule has 0 aromatic rings. The summed E-state index contributed by atoms with van der Waals surface area (Å²) in [5.74, 6) is -0.412. The quantitative estimate of drug-likeness (QED) is 0.533. The number of alkyl carbamates (subject to hydrolysis) is 1. The lowest BCUT2D eigenvalue weighted by Crippen LogP contribution is -2.45. The van der Waals surface area contributed by atoms with Gasteiger partial charge in [-0.25, -0.2) is 4.79 Å². The summed E-state index contributed by atoms with van der Waals surface area (Å²) in [6.07, 6.45) is -2.38. The van der Waals surface area contributed by atoms with E-state index in [2.05, 4.69) is 5.32 Å². The Hall–Kier alpha value is -0.850. The first kappa shape index (κ1) is 14.2. The predicted octanol–water partition coefficient (Wildman–Crippen LogP) is -0.386. The molecule has 100 valence electrons. The van der Waals surface area contributed by atoms with E-state index >= 15 is 0 Å². The van der Waals surface area contributed by atoms with Crippen molar-refractivity contribution >= 4 is 6.09 Å². The third kappa shape index (κ3) is 3.83. The normalized spacial score (nSPS) is 33.5. The molecule has 1 fully saturated rings. The Morgan fingerprint density at radius 3 is 2.35 bits per heavy atom. The Kier molecular flexibility index (Phi) is 4.35. The molecule has 0 aliphatic heterocycles. The molecule has 1 amide bonds. The largest absolute Gasteiger partial charge is 0.444 e. The molecule has 0 aromatic carbocycles. The average Bonchev–Trinajstić information content (AvgIpc) is 2.43. The molecule has 4 N–H and O–H groups in total. The number of hydrogen-bond acceptors (Lipinski definition) is 5. The summed E-state index contributed by atoms with van der Waals surface area (Å²) in [6.45, 7) is 5.00. The Morgan fingerprint density at radius 2 is 1.94 bits per heavy atom. The van der Waals surface area contributed by atoms with Gasteiger partial charge in [-0.05, 0) is 27.2 Å². The van der Waals surface area contributed by atoms with Gasteiger partial charge in [0.2, 0.25) is 0 Å². The number of aliphatic hydroxyl groups is 3. The molecule has 0 heterocycles. The molecule has 1 saturated carbocycles. The van der Waals surface area contributed by atoms with E-state index in [1.54, 1.807) is 20.8 Å². The van der Waals surface area contributed by atoms with Gasteiger partial charge in [0, 0.05) is 12.5 Å². The summed E-state index contributed by atoms with van der Waals surface area (Å²) in [5.41, 5.74) is -0.608. The maximum absolute atomic E-state index is 11.5. The van der Waals surface area contributed by atoms with E-state index in [-0.39, 0.29) is 6.61 Å². The van der Waals surface area contributed by atoms with E-state index in [1.807, 2.05) is 0 Å². The number of rotatable bonds is 2. The maximum atomic E-state index is 11.5. The first-order valence-electron chi connectivity index (χ1n) is 5.71. The Morgan fingerprint density at radius 1 is 1.35 bits per heavy atom. The molecule has 0 bridgehead atoms. The summed E-state index contributed by atoms with van der Waals surface area (Å²) in [7, 11) is 0. The van der Waals surface area contributed by atoms with Crippen molar-refractivity contribution in [2.45, 2.75) is 51.0 Å². The molecule has 1 rings (SSSR count). The van der Waals surface area contributed by atoms with Crippen LogP contribution in [0.15, 0.2) is 0 Å². The third-order valence-corrected chi connectivity index (χ3v) is 2.74. The zero-order valence-corrected chi connectivity index (χ0v) is 10.4. The number of ether oxygens (including phenoxy) is 1. The van der Waals surface area contributed by atoms with Crippen LogP contribution < -0.4 is 5.32 Å². The molecule has 17 heavy (non-hydrogen) atoms. The highest BCUT2D eigenvalue weighted by atomic mass is 16.6. The van der Waals surface area contributed by atoms with Gasteiger partial charge in [-0.2, -0.15) is 0 Å². The van der Waals surface area contributed by atoms with Crippen molar-refractivity contribution in [2.24, 2.45) is 5.92 Å². The van der Waals surface area contributed by atoms with Crippen LogP contribution in [0, 0.1) is 5.92 Å². The Bertz CT molecular complexity index is 276. The Labute approximate surface area is 101 Å². The number of amides is 1. The van der Waals surface area contributed by atoms with E-state index in [0.717, 1.165) is 0 Å². The van der Waals surface area contributed by atoms with Crippen molar-refractivity contribution < 1.29 is 24.9 Å². The molecular weight excluding hydrogens is 226 g/mol. The van der Waals surface area contributed by atoms with E-state index in [1.165, 1.54) is 0 Å². The molecule has 1 aliphatic rings. The lowest BCUT2D eigenvalue weighted by atomic mass is 10.1. The zero-order valence-electron chi connectivity index (χ0n) is 10.4. The average molecular weight is 247 g/mol. The van der Waals surface area contributed by atoms with Crippen LogP contribution in [0.5, 0.6) is 0 Å². The highest BCUT2D eigenvalue weighted by Crippen LogP contribution is 2.26. The minimum Gasteiger partial charge on any atom is -0.444 e. The van der Waals surface area contributed by atoms with Crippen LogP contribution in [-0.4, -0.2) is 51.9 Å². The lowest BCUT2D eigenvalue weighted by Gasteiger charge is -2.23. The molecule has 0 saturated heterocycles. The van der Waals surface area contributed by atoms with Crippen molar-refractivity contribution in [2.75, 3.05) is 6.61 Å². The topological polar surface area (TPSA) is 99.0 Å². The van der Waals surface area contributed by atoms with Crippen molar-refractivity contribution in [3.05, 3.63) is 0 Å². The maximum Gasteiger partial charge on any atom is 0.407 e. The van der Waals surface area contributed by atoms with Crippen LogP contribution in [0.2, 0.25) is 0 Å². The van der Waals surface area contributed by atoms with Gasteiger partial charge in [0.25, 0.3) is 0 Å². The molecule has 6 heteroatoms. The lowest BCUT2D eigenvalue weighted by molar-refractivity contribution is -0.00266. The second-order valence-corrected chi connectivity index (χ2v) is 5.41. The number of nitrogens with one attached hydrogen (secondary N) is 1. The van der Waals surface area contributed by atoms with E-state index in [9.17, 15) is 15.0 Å². The summed E-state index contributed by atoms with van der Waals surface area (Å²) < 4.78 is 5.05. The Balaban J connectivity index is 2.50. The zero-order chi connectivity index (χ0) is 13.2. The number of hydrogen-bond donors (Lipinski definition) is 4. The molecule has 0 radical (unpaired) electrons. The highest BCUT2D eigenvalue weighted by Gasteiger charge is 2.42. The molecular formula is C11H21NO5. The summed E-state index contributed by atoms with van der Waals surface area (Å²) in [5, 5.41) is 30.7. The van der Waals surface area contributed by atoms with Gasteiger partial charge >= 0.3 is 6.09 Å². The molecule has 0 aromatic heterocycles. The van der Waals surface area contributed by atoms with Crippen molar-refractivity contribution in [1.29, 1.82) is 0 Å². The second kappa shape index (κ2) is 5.20. The number of carbonyl (C=O) groups is 1. The molecule has 1 unspecified atom stereocenters. The van der Waals surface area contributed by atoms with Crippen LogP contribution in [0.4, 0.5) is 4.79 Å². The summed E-state index contributed by atoms with van der Waals surface area (Å²) in [6, 6.07) is -0.586. The smallest absolute Gasteiger partial charge is 0.407 e. The van der Waals surface area contributed by atoms with Gasteiger partial charge in [0.15, 0.2) is 0 Å². The summed E-state index contributed by atoms with van der Waals surface area (Å²) >= 11 is 0. The molecule has 1 aliphatic carbocycles. The monoisotopic (exact) mass is 247 g/mol. The van der Waals surface area contributed by atoms with Crippen LogP contribution in [0.25, 0.3) is 0 Å². The molecule has 6 nitrogen and oxygen atoms in total. The van der Waals surface area contributed by atoms with E-state index < -0.39 is 35.9 Å². The van der Waals surface area contributed by atoms with E-state index in [4.69, 9.17) is 9.84 Å². The van der Waals surface area contributed by atoms with Crippen molar-refractivity contribution in [1.82, 2.24) is 5.32 Å².